The molecule has 136 valence electrons. The Bertz CT molecular complexity index is 703. The van der Waals surface area contributed by atoms with Gasteiger partial charge in [-0.15, -0.1) is 0 Å². The number of hydrogen-bond acceptors (Lipinski definition) is 4. The van der Waals surface area contributed by atoms with Gasteiger partial charge in [0.25, 0.3) is 5.56 Å². The van der Waals surface area contributed by atoms with Crippen LogP contribution in [0.2, 0.25) is 0 Å². The molecule has 1 aliphatic heterocycles. The van der Waals surface area contributed by atoms with Gasteiger partial charge >= 0.3 is 6.03 Å². The number of carbonyl (C=O) groups excluding carboxylic acids is 1. The predicted molar refractivity (Wildman–Crippen MR) is 91.4 cm³/mol. The molecule has 7 nitrogen and oxygen atoms in total. The molecule has 8 heteroatoms. The minimum Gasteiger partial charge on any atom is -0.339 e. The van der Waals surface area contributed by atoms with E-state index in [9.17, 15) is 14.0 Å². The highest BCUT2D eigenvalue weighted by Gasteiger charge is 2.31. The number of amides is 2. The van der Waals surface area contributed by atoms with Crippen molar-refractivity contribution in [3.63, 3.8) is 0 Å². The standard InChI is InChI=1S/C17H24FN5O2/c18-13-14(11-5-6-11)20-16(21-15(13)24)22-7-9-23(10-8-22)17(25)19-12-3-1-2-4-12/h11-12H,1-10H2,(H,19,25)(H,20,21,24). The molecular weight excluding hydrogens is 325 g/mol. The van der Waals surface area contributed by atoms with Crippen LogP contribution in [0.25, 0.3) is 0 Å². The van der Waals surface area contributed by atoms with Gasteiger partial charge in [0.2, 0.25) is 11.8 Å². The van der Waals surface area contributed by atoms with Gasteiger partial charge in [-0.1, -0.05) is 12.8 Å². The third-order valence-corrected chi connectivity index (χ3v) is 5.39. The number of urea groups is 1. The van der Waals surface area contributed by atoms with E-state index in [4.69, 9.17) is 0 Å². The predicted octanol–water partition coefficient (Wildman–Crippen LogP) is 1.56. The number of aromatic nitrogens is 2. The van der Waals surface area contributed by atoms with Crippen molar-refractivity contribution in [1.29, 1.82) is 0 Å². The molecule has 1 aromatic heterocycles. The normalized spacial score (nSPS) is 21.6. The summed E-state index contributed by atoms with van der Waals surface area (Å²) in [5.74, 6) is -0.246. The van der Waals surface area contributed by atoms with Crippen LogP contribution in [0.4, 0.5) is 15.1 Å². The Morgan fingerprint density at radius 3 is 2.44 bits per heavy atom. The van der Waals surface area contributed by atoms with Crippen LogP contribution < -0.4 is 15.8 Å². The molecule has 0 radical (unpaired) electrons. The van der Waals surface area contributed by atoms with E-state index < -0.39 is 11.4 Å². The van der Waals surface area contributed by atoms with E-state index in [1.807, 2.05) is 4.90 Å². The Morgan fingerprint density at radius 1 is 1.12 bits per heavy atom. The van der Waals surface area contributed by atoms with Gasteiger partial charge in [0.1, 0.15) is 0 Å². The molecule has 1 aromatic rings. The first-order chi connectivity index (χ1) is 12.1. The zero-order valence-electron chi connectivity index (χ0n) is 14.3. The lowest BCUT2D eigenvalue weighted by molar-refractivity contribution is 0.190. The maximum absolute atomic E-state index is 13.9. The fourth-order valence-corrected chi connectivity index (χ4v) is 3.70. The molecule has 0 unspecified atom stereocenters. The zero-order valence-corrected chi connectivity index (χ0v) is 14.3. The average Bonchev–Trinajstić information content (AvgIpc) is 3.34. The van der Waals surface area contributed by atoms with Crippen LogP contribution in [-0.4, -0.2) is 53.1 Å². The minimum atomic E-state index is -0.749. The molecule has 3 aliphatic rings. The first kappa shape index (κ1) is 16.4. The van der Waals surface area contributed by atoms with E-state index in [1.54, 1.807) is 4.90 Å². The number of halogens is 1. The highest BCUT2D eigenvalue weighted by molar-refractivity contribution is 5.74. The molecule has 2 aliphatic carbocycles. The van der Waals surface area contributed by atoms with Crippen molar-refractivity contribution in [3.05, 3.63) is 21.9 Å². The molecule has 3 fully saturated rings. The Labute approximate surface area is 145 Å². The van der Waals surface area contributed by atoms with Crippen LogP contribution in [0, 0.1) is 5.82 Å². The van der Waals surface area contributed by atoms with Gasteiger partial charge < -0.3 is 15.1 Å². The SMILES string of the molecule is O=C(NC1CCCC1)N1CCN(c2nc(C3CC3)c(F)c(=O)[nH]2)CC1. The van der Waals surface area contributed by atoms with Gasteiger partial charge in [0.15, 0.2) is 0 Å². The van der Waals surface area contributed by atoms with Gasteiger partial charge in [-0.2, -0.15) is 4.39 Å². The van der Waals surface area contributed by atoms with Crippen LogP contribution in [-0.2, 0) is 0 Å². The summed E-state index contributed by atoms with van der Waals surface area (Å²) in [6, 6.07) is 0.299. The fourth-order valence-electron chi connectivity index (χ4n) is 3.70. The van der Waals surface area contributed by atoms with Gasteiger partial charge in [-0.3, -0.25) is 9.78 Å². The van der Waals surface area contributed by atoms with E-state index in [0.717, 1.165) is 25.7 Å². The molecule has 0 aromatic carbocycles. The Balaban J connectivity index is 1.38. The second-order valence-corrected chi connectivity index (χ2v) is 7.27. The van der Waals surface area contributed by atoms with Crippen molar-refractivity contribution >= 4 is 12.0 Å². The first-order valence-electron chi connectivity index (χ1n) is 9.22. The number of anilines is 1. The molecule has 0 spiro atoms. The smallest absolute Gasteiger partial charge is 0.317 e. The van der Waals surface area contributed by atoms with Crippen molar-refractivity contribution in [1.82, 2.24) is 20.2 Å². The molecule has 2 N–H and O–H groups in total. The third-order valence-electron chi connectivity index (χ3n) is 5.39. The number of H-pyrrole nitrogens is 1. The fraction of sp³-hybridized carbons (Fsp3) is 0.706. The number of carbonyl (C=O) groups is 1. The summed E-state index contributed by atoms with van der Waals surface area (Å²) in [6.45, 7) is 2.30. The molecule has 2 amide bonds. The molecule has 1 saturated heterocycles. The summed E-state index contributed by atoms with van der Waals surface area (Å²) in [6.07, 6.45) is 6.29. The van der Waals surface area contributed by atoms with E-state index in [-0.39, 0.29) is 11.9 Å². The molecule has 4 rings (SSSR count). The number of nitrogens with one attached hydrogen (secondary N) is 2. The largest absolute Gasteiger partial charge is 0.339 e. The number of hydrogen-bond donors (Lipinski definition) is 2. The van der Waals surface area contributed by atoms with Crippen molar-refractivity contribution < 1.29 is 9.18 Å². The highest BCUT2D eigenvalue weighted by Crippen LogP contribution is 2.39. The molecule has 0 bridgehead atoms. The van der Waals surface area contributed by atoms with Crippen molar-refractivity contribution in [2.45, 2.75) is 50.5 Å². The van der Waals surface area contributed by atoms with E-state index in [1.165, 1.54) is 12.8 Å². The maximum Gasteiger partial charge on any atom is 0.317 e. The van der Waals surface area contributed by atoms with Crippen LogP contribution in [0.3, 0.4) is 0 Å². The number of rotatable bonds is 3. The van der Waals surface area contributed by atoms with Crippen molar-refractivity contribution in [2.75, 3.05) is 31.1 Å². The number of piperazine rings is 1. The van der Waals surface area contributed by atoms with Crippen LogP contribution in [0.15, 0.2) is 4.79 Å². The van der Waals surface area contributed by atoms with Gasteiger partial charge in [0.05, 0.1) is 5.69 Å². The van der Waals surface area contributed by atoms with Gasteiger partial charge in [-0.05, 0) is 25.7 Å². The molecule has 2 heterocycles. The lowest BCUT2D eigenvalue weighted by atomic mass is 10.2. The summed E-state index contributed by atoms with van der Waals surface area (Å²) < 4.78 is 13.9. The summed E-state index contributed by atoms with van der Waals surface area (Å²) in [5.41, 5.74) is -0.409. The lowest BCUT2D eigenvalue weighted by Crippen LogP contribution is -2.53. The number of nitrogens with zero attached hydrogens (tertiary/aromatic N) is 3. The zero-order chi connectivity index (χ0) is 17.4. The van der Waals surface area contributed by atoms with Crippen LogP contribution in [0.5, 0.6) is 0 Å². The maximum atomic E-state index is 13.9. The van der Waals surface area contributed by atoms with Gasteiger partial charge in [-0.25, -0.2) is 9.78 Å². The second kappa shape index (κ2) is 6.65. The van der Waals surface area contributed by atoms with Gasteiger partial charge in [0, 0.05) is 38.1 Å². The Kier molecular flexibility index (Phi) is 4.35. The van der Waals surface area contributed by atoms with Crippen molar-refractivity contribution in [3.8, 4) is 0 Å². The Hall–Kier alpha value is -2.12. The summed E-state index contributed by atoms with van der Waals surface area (Å²) in [7, 11) is 0. The highest BCUT2D eigenvalue weighted by atomic mass is 19.1. The topological polar surface area (TPSA) is 81.3 Å². The molecule has 0 atom stereocenters. The quantitative estimate of drug-likeness (QED) is 0.868. The monoisotopic (exact) mass is 349 g/mol. The third kappa shape index (κ3) is 3.48. The summed E-state index contributed by atoms with van der Waals surface area (Å²) in [4.78, 5) is 34.8. The minimum absolute atomic E-state index is 0.00854. The Morgan fingerprint density at radius 2 is 1.80 bits per heavy atom. The number of aromatic amines is 1. The average molecular weight is 349 g/mol. The van der Waals surface area contributed by atoms with Crippen molar-refractivity contribution in [2.24, 2.45) is 0 Å². The van der Waals surface area contributed by atoms with Crippen LogP contribution >= 0.6 is 0 Å². The van der Waals surface area contributed by atoms with E-state index >= 15 is 0 Å². The van der Waals surface area contributed by atoms with E-state index in [2.05, 4.69) is 15.3 Å². The summed E-state index contributed by atoms with van der Waals surface area (Å²) in [5, 5.41) is 3.10. The molecule has 2 saturated carbocycles. The lowest BCUT2D eigenvalue weighted by Gasteiger charge is -2.35. The van der Waals surface area contributed by atoms with E-state index in [0.29, 0.717) is 43.9 Å². The first-order valence-corrected chi connectivity index (χ1v) is 9.22. The molecule has 25 heavy (non-hydrogen) atoms. The van der Waals surface area contributed by atoms with Crippen LogP contribution in [0.1, 0.15) is 50.1 Å². The summed E-state index contributed by atoms with van der Waals surface area (Å²) >= 11 is 0. The molecular formula is C17H24FN5O2. The second-order valence-electron chi connectivity index (χ2n) is 7.27.